The van der Waals surface area contributed by atoms with Crippen LogP contribution in [0.25, 0.3) is 0 Å². The molecular formula is C11H25N3O. The van der Waals surface area contributed by atoms with Gasteiger partial charge in [0.25, 0.3) is 0 Å². The minimum atomic E-state index is 0.306. The number of nitrogens with one attached hydrogen (secondary N) is 1. The number of nitrogens with two attached hydrogens (primary N) is 1. The summed E-state index contributed by atoms with van der Waals surface area (Å²) >= 11 is 0. The molecule has 0 fully saturated rings. The van der Waals surface area contributed by atoms with Gasteiger partial charge in [-0.05, 0) is 30.8 Å². The van der Waals surface area contributed by atoms with Crippen LogP contribution in [0.15, 0.2) is 5.16 Å². The number of rotatable bonds is 6. The number of hydrogen-bond acceptors (Lipinski definition) is 3. The minimum absolute atomic E-state index is 0.306. The summed E-state index contributed by atoms with van der Waals surface area (Å²) in [7, 11) is 0. The molecule has 0 heterocycles. The molecule has 0 aliphatic heterocycles. The van der Waals surface area contributed by atoms with Crippen LogP contribution in [-0.2, 0) is 0 Å². The van der Waals surface area contributed by atoms with Crippen LogP contribution in [0.3, 0.4) is 0 Å². The second kappa shape index (κ2) is 6.67. The van der Waals surface area contributed by atoms with E-state index in [1.54, 1.807) is 0 Å². The highest BCUT2D eigenvalue weighted by atomic mass is 16.4. The molecule has 15 heavy (non-hydrogen) atoms. The number of nitrogens with zero attached hydrogens (tertiary/aromatic N) is 1. The summed E-state index contributed by atoms with van der Waals surface area (Å²) in [6.45, 7) is 10.9. The van der Waals surface area contributed by atoms with Crippen molar-refractivity contribution in [3.63, 3.8) is 0 Å². The van der Waals surface area contributed by atoms with E-state index in [2.05, 4.69) is 38.2 Å². The van der Waals surface area contributed by atoms with Gasteiger partial charge < -0.3 is 16.3 Å². The summed E-state index contributed by atoms with van der Waals surface area (Å²) in [5.41, 5.74) is 5.70. The Morgan fingerprint density at radius 2 is 2.07 bits per heavy atom. The molecule has 0 radical (unpaired) electrons. The predicted molar refractivity (Wildman–Crippen MR) is 64.1 cm³/mol. The molecule has 0 bridgehead atoms. The van der Waals surface area contributed by atoms with E-state index < -0.39 is 0 Å². The van der Waals surface area contributed by atoms with Crippen molar-refractivity contribution in [2.75, 3.05) is 13.1 Å². The van der Waals surface area contributed by atoms with Gasteiger partial charge in [-0.2, -0.15) is 0 Å². The molecule has 0 amide bonds. The molecule has 0 saturated carbocycles. The second-order valence-corrected chi connectivity index (χ2v) is 5.17. The lowest BCUT2D eigenvalue weighted by Gasteiger charge is -2.27. The molecule has 0 spiro atoms. The standard InChI is InChI=1S/C11H25N3O/c1-9(11(2,3)4)8-13-7-5-6-10(12)14-15/h9,13,15H,5-8H2,1-4H3,(H2,12,14). The molecule has 0 aromatic rings. The Kier molecular flexibility index (Phi) is 6.32. The zero-order chi connectivity index (χ0) is 11.9. The van der Waals surface area contributed by atoms with E-state index in [0.29, 0.717) is 23.6 Å². The van der Waals surface area contributed by atoms with Gasteiger partial charge in [-0.1, -0.05) is 32.9 Å². The number of oxime groups is 1. The first-order chi connectivity index (χ1) is 6.88. The maximum absolute atomic E-state index is 8.33. The summed E-state index contributed by atoms with van der Waals surface area (Å²) < 4.78 is 0. The van der Waals surface area contributed by atoms with Crippen LogP contribution in [0.1, 0.15) is 40.5 Å². The van der Waals surface area contributed by atoms with Crippen molar-refractivity contribution >= 4 is 5.84 Å². The van der Waals surface area contributed by atoms with Gasteiger partial charge in [-0.3, -0.25) is 0 Å². The second-order valence-electron chi connectivity index (χ2n) is 5.17. The van der Waals surface area contributed by atoms with E-state index in [-0.39, 0.29) is 0 Å². The lowest BCUT2D eigenvalue weighted by Crippen LogP contribution is -2.30. The minimum Gasteiger partial charge on any atom is -0.409 e. The van der Waals surface area contributed by atoms with Crippen LogP contribution in [0, 0.1) is 11.3 Å². The van der Waals surface area contributed by atoms with E-state index in [4.69, 9.17) is 10.9 Å². The molecule has 4 N–H and O–H groups in total. The van der Waals surface area contributed by atoms with Crippen molar-refractivity contribution in [1.29, 1.82) is 0 Å². The third-order valence-electron chi connectivity index (χ3n) is 2.84. The van der Waals surface area contributed by atoms with Crippen molar-refractivity contribution in [3.8, 4) is 0 Å². The van der Waals surface area contributed by atoms with Gasteiger partial charge in [-0.15, -0.1) is 0 Å². The van der Waals surface area contributed by atoms with Gasteiger partial charge in [0.05, 0.1) is 0 Å². The Morgan fingerprint density at radius 1 is 1.47 bits per heavy atom. The molecule has 0 aliphatic carbocycles. The van der Waals surface area contributed by atoms with E-state index >= 15 is 0 Å². The number of amidine groups is 1. The third-order valence-corrected chi connectivity index (χ3v) is 2.84. The molecule has 0 aromatic heterocycles. The van der Waals surface area contributed by atoms with Crippen LogP contribution >= 0.6 is 0 Å². The van der Waals surface area contributed by atoms with E-state index in [9.17, 15) is 0 Å². The summed E-state index contributed by atoms with van der Waals surface area (Å²) in [6.07, 6.45) is 1.56. The molecule has 1 atom stereocenters. The molecular weight excluding hydrogens is 190 g/mol. The Bertz CT molecular complexity index is 196. The van der Waals surface area contributed by atoms with Gasteiger partial charge in [0.15, 0.2) is 0 Å². The fourth-order valence-electron chi connectivity index (χ4n) is 1.07. The zero-order valence-electron chi connectivity index (χ0n) is 10.4. The largest absolute Gasteiger partial charge is 0.409 e. The van der Waals surface area contributed by atoms with Crippen molar-refractivity contribution in [2.24, 2.45) is 22.2 Å². The molecule has 0 saturated heterocycles. The van der Waals surface area contributed by atoms with E-state index in [0.717, 1.165) is 19.5 Å². The summed E-state index contributed by atoms with van der Waals surface area (Å²) in [6, 6.07) is 0. The molecule has 0 aliphatic rings. The van der Waals surface area contributed by atoms with Gasteiger partial charge in [0, 0.05) is 6.42 Å². The first kappa shape index (κ1) is 14.2. The summed E-state index contributed by atoms with van der Waals surface area (Å²) in [4.78, 5) is 0. The smallest absolute Gasteiger partial charge is 0.139 e. The first-order valence-electron chi connectivity index (χ1n) is 5.55. The molecule has 1 unspecified atom stereocenters. The van der Waals surface area contributed by atoms with Crippen LogP contribution in [-0.4, -0.2) is 24.1 Å². The topological polar surface area (TPSA) is 70.6 Å². The molecule has 0 rings (SSSR count). The summed E-state index contributed by atoms with van der Waals surface area (Å²) in [5, 5.41) is 14.6. The molecule has 90 valence electrons. The SMILES string of the molecule is CC(CNCCCC(N)=NO)C(C)(C)C. The Morgan fingerprint density at radius 3 is 2.53 bits per heavy atom. The average molecular weight is 215 g/mol. The predicted octanol–water partition coefficient (Wildman–Crippen LogP) is 1.78. The van der Waals surface area contributed by atoms with Crippen molar-refractivity contribution in [1.82, 2.24) is 5.32 Å². The zero-order valence-corrected chi connectivity index (χ0v) is 10.4. The number of hydrogen-bond donors (Lipinski definition) is 3. The summed E-state index contributed by atoms with van der Waals surface area (Å²) in [5.74, 6) is 0.946. The van der Waals surface area contributed by atoms with Crippen LogP contribution in [0.5, 0.6) is 0 Å². The highest BCUT2D eigenvalue weighted by Gasteiger charge is 2.18. The highest BCUT2D eigenvalue weighted by molar-refractivity contribution is 5.79. The van der Waals surface area contributed by atoms with Crippen molar-refractivity contribution in [2.45, 2.75) is 40.5 Å². The van der Waals surface area contributed by atoms with E-state index in [1.807, 2.05) is 0 Å². The van der Waals surface area contributed by atoms with E-state index in [1.165, 1.54) is 0 Å². The monoisotopic (exact) mass is 215 g/mol. The maximum Gasteiger partial charge on any atom is 0.139 e. The van der Waals surface area contributed by atoms with Gasteiger partial charge in [0.1, 0.15) is 5.84 Å². The lowest BCUT2D eigenvalue weighted by atomic mass is 9.82. The van der Waals surface area contributed by atoms with Gasteiger partial charge in [0.2, 0.25) is 0 Å². The Hall–Kier alpha value is -0.770. The first-order valence-corrected chi connectivity index (χ1v) is 5.55. The quantitative estimate of drug-likeness (QED) is 0.208. The molecule has 4 nitrogen and oxygen atoms in total. The Balaban J connectivity index is 3.47. The van der Waals surface area contributed by atoms with Crippen LogP contribution in [0.4, 0.5) is 0 Å². The third kappa shape index (κ3) is 7.19. The fourth-order valence-corrected chi connectivity index (χ4v) is 1.07. The van der Waals surface area contributed by atoms with Gasteiger partial charge >= 0.3 is 0 Å². The highest BCUT2D eigenvalue weighted by Crippen LogP contribution is 2.24. The normalized spacial score (nSPS) is 15.3. The fraction of sp³-hybridized carbons (Fsp3) is 0.909. The molecule has 4 heteroatoms. The maximum atomic E-state index is 8.33. The van der Waals surface area contributed by atoms with Crippen molar-refractivity contribution < 1.29 is 5.21 Å². The Labute approximate surface area is 92.9 Å². The van der Waals surface area contributed by atoms with Gasteiger partial charge in [-0.25, -0.2) is 0 Å². The van der Waals surface area contributed by atoms with Crippen LogP contribution in [0.2, 0.25) is 0 Å². The lowest BCUT2D eigenvalue weighted by molar-refractivity contribution is 0.253. The van der Waals surface area contributed by atoms with Crippen LogP contribution < -0.4 is 11.1 Å². The van der Waals surface area contributed by atoms with Crippen molar-refractivity contribution in [3.05, 3.63) is 0 Å². The molecule has 0 aromatic carbocycles. The average Bonchev–Trinajstić information content (AvgIpc) is 2.15.